The van der Waals surface area contributed by atoms with Gasteiger partial charge in [-0.2, -0.15) is 0 Å². The Kier molecular flexibility index (Phi) is 4.46. The number of nitrogens with one attached hydrogen (secondary N) is 1. The average Bonchev–Trinajstić information content (AvgIpc) is 2.79. The van der Waals surface area contributed by atoms with Gasteiger partial charge in [0.15, 0.2) is 0 Å². The normalized spacial score (nSPS) is 19.6. The van der Waals surface area contributed by atoms with Gasteiger partial charge in [0.25, 0.3) is 0 Å². The highest BCUT2D eigenvalue weighted by molar-refractivity contribution is 5.09. The van der Waals surface area contributed by atoms with Crippen LogP contribution in [0.1, 0.15) is 37.3 Å². The molecule has 0 amide bonds. The van der Waals surface area contributed by atoms with Crippen molar-refractivity contribution in [3.05, 3.63) is 23.7 Å². The van der Waals surface area contributed by atoms with E-state index in [2.05, 4.69) is 29.1 Å². The molecule has 0 saturated carbocycles. The van der Waals surface area contributed by atoms with Gasteiger partial charge in [0, 0.05) is 19.1 Å². The fourth-order valence-corrected chi connectivity index (χ4v) is 2.51. The Balaban J connectivity index is 1.79. The third kappa shape index (κ3) is 3.38. The molecule has 1 atom stereocenters. The summed E-state index contributed by atoms with van der Waals surface area (Å²) in [5.41, 5.74) is 0. The van der Waals surface area contributed by atoms with E-state index in [1.807, 2.05) is 13.0 Å². The van der Waals surface area contributed by atoms with Gasteiger partial charge in [-0.3, -0.25) is 4.90 Å². The molecule has 1 aliphatic heterocycles. The Hall–Kier alpha value is -1.24. The molecule has 1 unspecified atom stereocenters. The van der Waals surface area contributed by atoms with E-state index in [9.17, 15) is 0 Å². The van der Waals surface area contributed by atoms with Gasteiger partial charge in [-0.15, -0.1) is 6.42 Å². The first-order valence-electron chi connectivity index (χ1n) is 6.67. The monoisotopic (exact) mass is 246 g/mol. The quantitative estimate of drug-likeness (QED) is 0.827. The van der Waals surface area contributed by atoms with Crippen molar-refractivity contribution in [3.63, 3.8) is 0 Å². The molecule has 0 spiro atoms. The number of aryl methyl sites for hydroxylation is 1. The van der Waals surface area contributed by atoms with Gasteiger partial charge in [0.1, 0.15) is 11.5 Å². The zero-order chi connectivity index (χ0) is 13.0. The first-order chi connectivity index (χ1) is 8.69. The highest BCUT2D eigenvalue weighted by atomic mass is 16.3. The molecular weight excluding hydrogens is 224 g/mol. The van der Waals surface area contributed by atoms with Crippen molar-refractivity contribution in [3.8, 4) is 12.3 Å². The maximum Gasteiger partial charge on any atom is 0.120 e. The third-order valence-corrected chi connectivity index (χ3v) is 3.58. The summed E-state index contributed by atoms with van der Waals surface area (Å²) in [5, 5.41) is 3.64. The van der Waals surface area contributed by atoms with E-state index < -0.39 is 0 Å². The molecule has 98 valence electrons. The molecule has 1 aromatic rings. The number of furan rings is 1. The lowest BCUT2D eigenvalue weighted by molar-refractivity contribution is 0.207. The van der Waals surface area contributed by atoms with Crippen LogP contribution in [0.25, 0.3) is 0 Å². The van der Waals surface area contributed by atoms with Gasteiger partial charge in [0.2, 0.25) is 0 Å². The predicted molar refractivity (Wildman–Crippen MR) is 73.3 cm³/mol. The Bertz CT molecular complexity index is 410. The lowest BCUT2D eigenvalue weighted by atomic mass is 10.0. The predicted octanol–water partition coefficient (Wildman–Crippen LogP) is 2.34. The van der Waals surface area contributed by atoms with Crippen molar-refractivity contribution in [1.82, 2.24) is 10.2 Å². The Morgan fingerprint density at radius 1 is 1.50 bits per heavy atom. The minimum absolute atomic E-state index is 0.280. The van der Waals surface area contributed by atoms with Crippen LogP contribution in [0.5, 0.6) is 0 Å². The molecule has 3 heteroatoms. The van der Waals surface area contributed by atoms with E-state index in [1.165, 1.54) is 0 Å². The van der Waals surface area contributed by atoms with Crippen molar-refractivity contribution in [2.75, 3.05) is 19.6 Å². The summed E-state index contributed by atoms with van der Waals surface area (Å²) in [6.45, 7) is 7.10. The first-order valence-corrected chi connectivity index (χ1v) is 6.67. The molecule has 1 aromatic heterocycles. The zero-order valence-electron chi connectivity index (χ0n) is 11.3. The van der Waals surface area contributed by atoms with Crippen LogP contribution in [0, 0.1) is 19.3 Å². The topological polar surface area (TPSA) is 28.4 Å². The SMILES string of the molecule is C#CCN1CCC(NC(C)c2ccc(C)o2)CC1. The summed E-state index contributed by atoms with van der Waals surface area (Å²) in [5.74, 6) is 4.71. The van der Waals surface area contributed by atoms with Crippen molar-refractivity contribution >= 4 is 0 Å². The van der Waals surface area contributed by atoms with Crippen LogP contribution >= 0.6 is 0 Å². The molecule has 1 fully saturated rings. The molecule has 18 heavy (non-hydrogen) atoms. The summed E-state index contributed by atoms with van der Waals surface area (Å²) in [4.78, 5) is 2.33. The van der Waals surface area contributed by atoms with Gasteiger partial charge in [-0.25, -0.2) is 0 Å². The summed E-state index contributed by atoms with van der Waals surface area (Å²) >= 11 is 0. The van der Waals surface area contributed by atoms with Crippen LogP contribution in [-0.4, -0.2) is 30.6 Å². The Labute approximate surface area is 110 Å². The molecule has 2 rings (SSSR count). The highest BCUT2D eigenvalue weighted by Crippen LogP contribution is 2.19. The second-order valence-corrected chi connectivity index (χ2v) is 5.09. The van der Waals surface area contributed by atoms with E-state index in [0.29, 0.717) is 6.04 Å². The third-order valence-electron chi connectivity index (χ3n) is 3.58. The van der Waals surface area contributed by atoms with E-state index in [0.717, 1.165) is 44.0 Å². The van der Waals surface area contributed by atoms with E-state index in [1.54, 1.807) is 0 Å². The minimum Gasteiger partial charge on any atom is -0.465 e. The Morgan fingerprint density at radius 3 is 2.78 bits per heavy atom. The second kappa shape index (κ2) is 6.08. The standard InChI is InChI=1S/C15H22N2O/c1-4-9-17-10-7-14(8-11-17)16-13(3)15-6-5-12(2)18-15/h1,5-6,13-14,16H,7-11H2,2-3H3. The highest BCUT2D eigenvalue weighted by Gasteiger charge is 2.21. The molecule has 0 aliphatic carbocycles. The van der Waals surface area contributed by atoms with Crippen molar-refractivity contribution in [2.45, 2.75) is 38.8 Å². The van der Waals surface area contributed by atoms with Crippen LogP contribution in [0.4, 0.5) is 0 Å². The summed E-state index contributed by atoms with van der Waals surface area (Å²) < 4.78 is 5.65. The number of terminal acetylenes is 1. The fourth-order valence-electron chi connectivity index (χ4n) is 2.51. The van der Waals surface area contributed by atoms with Crippen LogP contribution in [0.3, 0.4) is 0 Å². The first kappa shape index (κ1) is 13.2. The van der Waals surface area contributed by atoms with Crippen LogP contribution < -0.4 is 5.32 Å². The van der Waals surface area contributed by atoms with Crippen molar-refractivity contribution < 1.29 is 4.42 Å². The molecule has 0 bridgehead atoms. The van der Waals surface area contributed by atoms with Gasteiger partial charge in [-0.1, -0.05) is 5.92 Å². The van der Waals surface area contributed by atoms with Crippen molar-refractivity contribution in [2.24, 2.45) is 0 Å². The molecular formula is C15H22N2O. The number of likely N-dealkylation sites (tertiary alicyclic amines) is 1. The minimum atomic E-state index is 0.280. The van der Waals surface area contributed by atoms with E-state index in [-0.39, 0.29) is 6.04 Å². The van der Waals surface area contributed by atoms with Gasteiger partial charge >= 0.3 is 0 Å². The van der Waals surface area contributed by atoms with E-state index >= 15 is 0 Å². The summed E-state index contributed by atoms with van der Waals surface area (Å²) in [6, 6.07) is 4.92. The van der Waals surface area contributed by atoms with Gasteiger partial charge < -0.3 is 9.73 Å². The molecule has 1 aliphatic rings. The summed E-state index contributed by atoms with van der Waals surface area (Å²) in [6.07, 6.45) is 7.65. The molecule has 0 radical (unpaired) electrons. The number of hydrogen-bond acceptors (Lipinski definition) is 3. The van der Waals surface area contributed by atoms with Crippen LogP contribution in [-0.2, 0) is 0 Å². The molecule has 1 saturated heterocycles. The van der Waals surface area contributed by atoms with Crippen molar-refractivity contribution in [1.29, 1.82) is 0 Å². The van der Waals surface area contributed by atoms with Crippen LogP contribution in [0.2, 0.25) is 0 Å². The number of nitrogens with zero attached hydrogens (tertiary/aromatic N) is 1. The molecule has 2 heterocycles. The number of rotatable bonds is 4. The fraction of sp³-hybridized carbons (Fsp3) is 0.600. The average molecular weight is 246 g/mol. The number of piperidine rings is 1. The zero-order valence-corrected chi connectivity index (χ0v) is 11.3. The van der Waals surface area contributed by atoms with E-state index in [4.69, 9.17) is 10.8 Å². The van der Waals surface area contributed by atoms with Crippen LogP contribution in [0.15, 0.2) is 16.5 Å². The van der Waals surface area contributed by atoms with Gasteiger partial charge in [-0.05, 0) is 38.8 Å². The Morgan fingerprint density at radius 2 is 2.22 bits per heavy atom. The smallest absolute Gasteiger partial charge is 0.120 e. The maximum absolute atomic E-state index is 5.65. The summed E-state index contributed by atoms with van der Waals surface area (Å²) in [7, 11) is 0. The molecule has 0 aromatic carbocycles. The van der Waals surface area contributed by atoms with Gasteiger partial charge in [0.05, 0.1) is 12.6 Å². The molecule has 3 nitrogen and oxygen atoms in total. The molecule has 1 N–H and O–H groups in total. The second-order valence-electron chi connectivity index (χ2n) is 5.09. The lowest BCUT2D eigenvalue weighted by Crippen LogP contribution is -2.43. The lowest BCUT2D eigenvalue weighted by Gasteiger charge is -2.32. The largest absolute Gasteiger partial charge is 0.465 e. The number of hydrogen-bond donors (Lipinski definition) is 1. The maximum atomic E-state index is 5.65.